The molecule has 6 heteroatoms. The number of nitrogens with zero attached hydrogens (tertiary/aromatic N) is 4. The molecule has 28 heavy (non-hydrogen) atoms. The molecule has 1 aromatic carbocycles. The molecule has 0 spiro atoms. The number of aromatic nitrogens is 3. The molecule has 1 amide bonds. The molecule has 1 N–H and O–H groups in total. The van der Waals surface area contributed by atoms with Crippen LogP contribution in [-0.2, 0) is 13.1 Å². The van der Waals surface area contributed by atoms with Gasteiger partial charge in [0.2, 0.25) is 0 Å². The summed E-state index contributed by atoms with van der Waals surface area (Å²) < 4.78 is 1.86. The van der Waals surface area contributed by atoms with Gasteiger partial charge in [-0.3, -0.25) is 9.69 Å². The second-order valence-electron chi connectivity index (χ2n) is 7.28. The van der Waals surface area contributed by atoms with E-state index in [4.69, 9.17) is 0 Å². The van der Waals surface area contributed by atoms with E-state index in [-0.39, 0.29) is 11.9 Å². The van der Waals surface area contributed by atoms with E-state index in [1.54, 1.807) is 12.4 Å². The van der Waals surface area contributed by atoms with Crippen molar-refractivity contribution < 1.29 is 4.79 Å². The number of hydrogen-bond acceptors (Lipinski definition) is 4. The van der Waals surface area contributed by atoms with Gasteiger partial charge in [0.1, 0.15) is 0 Å². The summed E-state index contributed by atoms with van der Waals surface area (Å²) in [6, 6.07) is 10.5. The predicted molar refractivity (Wildman–Crippen MR) is 112 cm³/mol. The zero-order valence-corrected chi connectivity index (χ0v) is 17.1. The summed E-state index contributed by atoms with van der Waals surface area (Å²) in [5.41, 5.74) is 3.72. The number of nitrogens with one attached hydrogen (secondary N) is 1. The highest BCUT2D eigenvalue weighted by Gasteiger charge is 2.11. The molecule has 0 aliphatic heterocycles. The third-order valence-electron chi connectivity index (χ3n) is 4.96. The van der Waals surface area contributed by atoms with Gasteiger partial charge in [-0.15, -0.1) is 0 Å². The molecule has 0 atom stereocenters. The number of carbonyl (C=O) groups is 1. The average Bonchev–Trinajstić information content (AvgIpc) is 3.14. The van der Waals surface area contributed by atoms with Crippen LogP contribution in [0.4, 0.5) is 0 Å². The molecule has 0 aliphatic rings. The van der Waals surface area contributed by atoms with Crippen molar-refractivity contribution in [2.75, 3.05) is 13.1 Å². The lowest BCUT2D eigenvalue weighted by Gasteiger charge is -2.18. The summed E-state index contributed by atoms with van der Waals surface area (Å²) in [7, 11) is 0. The maximum Gasteiger partial charge on any atom is 0.253 e. The number of rotatable bonds is 8. The van der Waals surface area contributed by atoms with E-state index in [1.807, 2.05) is 10.7 Å². The molecule has 2 aromatic heterocycles. The molecule has 6 nitrogen and oxygen atoms in total. The fraction of sp³-hybridized carbons (Fsp3) is 0.409. The van der Waals surface area contributed by atoms with E-state index in [0.29, 0.717) is 12.1 Å². The lowest BCUT2D eigenvalue weighted by molar-refractivity contribution is 0.0950. The second-order valence-corrected chi connectivity index (χ2v) is 7.28. The predicted octanol–water partition coefficient (Wildman–Crippen LogP) is 3.78. The van der Waals surface area contributed by atoms with Crippen molar-refractivity contribution in [3.05, 3.63) is 59.4 Å². The highest BCUT2D eigenvalue weighted by Crippen LogP contribution is 2.16. The molecule has 0 radical (unpaired) electrons. The van der Waals surface area contributed by atoms with Gasteiger partial charge >= 0.3 is 0 Å². The van der Waals surface area contributed by atoms with Crippen molar-refractivity contribution in [2.45, 2.75) is 46.8 Å². The van der Waals surface area contributed by atoms with E-state index < -0.39 is 0 Å². The Labute approximate surface area is 166 Å². The minimum Gasteiger partial charge on any atom is -0.348 e. The lowest BCUT2D eigenvalue weighted by atomic mass is 10.1. The van der Waals surface area contributed by atoms with Gasteiger partial charge in [0.05, 0.1) is 11.8 Å². The Hall–Kier alpha value is -2.73. The number of fused-ring (bicyclic) bond motifs is 1. The highest BCUT2D eigenvalue weighted by atomic mass is 16.1. The van der Waals surface area contributed by atoms with Crippen LogP contribution in [0.3, 0.4) is 0 Å². The van der Waals surface area contributed by atoms with Crippen LogP contribution in [-0.4, -0.2) is 38.7 Å². The molecular weight excluding hydrogens is 350 g/mol. The molecule has 148 valence electrons. The van der Waals surface area contributed by atoms with E-state index >= 15 is 0 Å². The van der Waals surface area contributed by atoms with E-state index in [9.17, 15) is 4.79 Å². The molecule has 2 heterocycles. The van der Waals surface area contributed by atoms with E-state index in [0.717, 1.165) is 36.2 Å². The van der Waals surface area contributed by atoms with Crippen molar-refractivity contribution in [3.63, 3.8) is 0 Å². The molecular formula is C22H29N5O. The van der Waals surface area contributed by atoms with Crippen molar-refractivity contribution >= 4 is 16.9 Å². The number of hydrogen-bond donors (Lipinski definition) is 1. The zero-order chi connectivity index (χ0) is 20.1. The quantitative estimate of drug-likeness (QED) is 0.647. The van der Waals surface area contributed by atoms with Crippen LogP contribution in [0.2, 0.25) is 0 Å². The molecule has 3 rings (SSSR count). The van der Waals surface area contributed by atoms with Gasteiger partial charge in [-0.25, -0.2) is 9.67 Å². The normalized spacial score (nSPS) is 11.5. The molecule has 3 aromatic rings. The highest BCUT2D eigenvalue weighted by molar-refractivity contribution is 5.96. The molecule has 0 saturated heterocycles. The summed E-state index contributed by atoms with van der Waals surface area (Å²) in [6.45, 7) is 12.0. The van der Waals surface area contributed by atoms with Crippen LogP contribution >= 0.6 is 0 Å². The molecule has 0 bridgehead atoms. The van der Waals surface area contributed by atoms with Crippen LogP contribution in [0.25, 0.3) is 11.0 Å². The minimum atomic E-state index is -0.126. The summed E-state index contributed by atoms with van der Waals surface area (Å²) in [5.74, 6) is -0.126. The largest absolute Gasteiger partial charge is 0.348 e. The average molecular weight is 380 g/mol. The molecule has 0 saturated carbocycles. The van der Waals surface area contributed by atoms with Crippen LogP contribution < -0.4 is 5.32 Å². The Kier molecular flexibility index (Phi) is 6.41. The SMILES string of the molecule is CCN(CC)Cc1ccc(CNC(=O)c2cnc3c(cnn3C(C)C)c2)cc1. The Morgan fingerprint density at radius 2 is 1.79 bits per heavy atom. The number of carbonyl (C=O) groups excluding carboxylic acids is 1. The van der Waals surface area contributed by atoms with Crippen molar-refractivity contribution in [1.29, 1.82) is 0 Å². The van der Waals surface area contributed by atoms with Gasteiger partial charge in [-0.05, 0) is 44.1 Å². The van der Waals surface area contributed by atoms with Crippen LogP contribution in [0.15, 0.2) is 42.7 Å². The molecule has 0 fully saturated rings. The minimum absolute atomic E-state index is 0.126. The third-order valence-corrected chi connectivity index (χ3v) is 4.96. The van der Waals surface area contributed by atoms with Crippen LogP contribution in [0.1, 0.15) is 55.2 Å². The first kappa shape index (κ1) is 20.0. The Morgan fingerprint density at radius 1 is 1.11 bits per heavy atom. The Morgan fingerprint density at radius 3 is 2.43 bits per heavy atom. The molecule has 0 aliphatic carbocycles. The number of pyridine rings is 1. The summed E-state index contributed by atoms with van der Waals surface area (Å²) in [4.78, 5) is 19.3. The summed E-state index contributed by atoms with van der Waals surface area (Å²) in [5, 5.41) is 8.20. The third kappa shape index (κ3) is 4.57. The van der Waals surface area contributed by atoms with E-state index in [1.165, 1.54) is 5.56 Å². The van der Waals surface area contributed by atoms with Crippen molar-refractivity contribution in [3.8, 4) is 0 Å². The number of benzene rings is 1. The summed E-state index contributed by atoms with van der Waals surface area (Å²) in [6.07, 6.45) is 3.37. The van der Waals surface area contributed by atoms with Crippen molar-refractivity contribution in [1.82, 2.24) is 25.0 Å². The maximum absolute atomic E-state index is 12.5. The first-order valence-electron chi connectivity index (χ1n) is 9.93. The van der Waals surface area contributed by atoms with Gasteiger partial charge in [-0.1, -0.05) is 38.1 Å². The van der Waals surface area contributed by atoms with Crippen LogP contribution in [0, 0.1) is 0 Å². The van der Waals surface area contributed by atoms with Gasteiger partial charge in [0.15, 0.2) is 5.65 Å². The van der Waals surface area contributed by atoms with Gasteiger partial charge in [-0.2, -0.15) is 5.10 Å². The van der Waals surface area contributed by atoms with Crippen molar-refractivity contribution in [2.24, 2.45) is 0 Å². The second kappa shape index (κ2) is 8.97. The topological polar surface area (TPSA) is 63.1 Å². The van der Waals surface area contributed by atoms with Gasteiger partial charge < -0.3 is 5.32 Å². The van der Waals surface area contributed by atoms with Crippen LogP contribution in [0.5, 0.6) is 0 Å². The standard InChI is InChI=1S/C22H29N5O/c1-5-26(6-2)15-18-9-7-17(8-10-18)12-24-22(28)20-11-19-14-25-27(16(3)4)21(19)23-13-20/h7-11,13-14,16H,5-6,12,15H2,1-4H3,(H,24,28). The molecule has 0 unspecified atom stereocenters. The Balaban J connectivity index is 1.61. The zero-order valence-electron chi connectivity index (χ0n) is 17.1. The first-order valence-corrected chi connectivity index (χ1v) is 9.93. The fourth-order valence-electron chi connectivity index (χ4n) is 3.19. The smallest absolute Gasteiger partial charge is 0.253 e. The van der Waals surface area contributed by atoms with Gasteiger partial charge in [0, 0.05) is 30.7 Å². The lowest BCUT2D eigenvalue weighted by Crippen LogP contribution is -2.23. The monoisotopic (exact) mass is 379 g/mol. The van der Waals surface area contributed by atoms with Gasteiger partial charge in [0.25, 0.3) is 5.91 Å². The number of amides is 1. The summed E-state index contributed by atoms with van der Waals surface area (Å²) >= 11 is 0. The van der Waals surface area contributed by atoms with E-state index in [2.05, 4.69) is 72.3 Å². The fourth-order valence-corrected chi connectivity index (χ4v) is 3.19. The first-order chi connectivity index (χ1) is 13.5. The maximum atomic E-state index is 12.5. The Bertz CT molecular complexity index is 926.